The molecule has 20 heavy (non-hydrogen) atoms. The summed E-state index contributed by atoms with van der Waals surface area (Å²) in [5, 5.41) is 3.79. The van der Waals surface area contributed by atoms with E-state index in [9.17, 15) is 0 Å². The number of piperazine rings is 1. The Morgan fingerprint density at radius 2 is 2.30 bits per heavy atom. The first-order valence-corrected chi connectivity index (χ1v) is 8.09. The molecule has 1 aliphatic carbocycles. The Kier molecular flexibility index (Phi) is 4.08. The van der Waals surface area contributed by atoms with E-state index in [-0.39, 0.29) is 0 Å². The minimum Gasteiger partial charge on any atom is -0.311 e. The minimum absolute atomic E-state index is 0.333. The van der Waals surface area contributed by atoms with Crippen molar-refractivity contribution in [1.82, 2.24) is 15.2 Å². The summed E-state index contributed by atoms with van der Waals surface area (Å²) in [6, 6.07) is 4.91. The average Bonchev–Trinajstić information content (AvgIpc) is 3.29. The van der Waals surface area contributed by atoms with Gasteiger partial charge in [-0.3, -0.25) is 9.88 Å². The zero-order valence-corrected chi connectivity index (χ0v) is 12.8. The van der Waals surface area contributed by atoms with Gasteiger partial charge < -0.3 is 5.32 Å². The molecule has 1 aromatic rings. The molecular formula is C17H27N3. The van der Waals surface area contributed by atoms with Gasteiger partial charge in [0.25, 0.3) is 0 Å². The highest BCUT2D eigenvalue weighted by atomic mass is 15.3. The second-order valence-corrected chi connectivity index (χ2v) is 6.74. The molecule has 0 spiro atoms. The molecule has 0 aromatic carbocycles. The van der Waals surface area contributed by atoms with Crippen molar-refractivity contribution in [3.63, 3.8) is 0 Å². The van der Waals surface area contributed by atoms with Crippen molar-refractivity contribution in [1.29, 1.82) is 0 Å². The second-order valence-electron chi connectivity index (χ2n) is 6.74. The van der Waals surface area contributed by atoms with Gasteiger partial charge in [-0.2, -0.15) is 0 Å². The zero-order valence-electron chi connectivity index (χ0n) is 12.8. The molecule has 1 aromatic heterocycles. The quantitative estimate of drug-likeness (QED) is 0.894. The highest BCUT2D eigenvalue weighted by molar-refractivity contribution is 5.12. The van der Waals surface area contributed by atoms with Crippen LogP contribution in [0.1, 0.15) is 45.1 Å². The molecule has 2 unspecified atom stereocenters. The molecule has 1 aliphatic heterocycles. The van der Waals surface area contributed by atoms with Crippen LogP contribution in [0, 0.1) is 5.92 Å². The predicted molar refractivity (Wildman–Crippen MR) is 82.5 cm³/mol. The SMILES string of the molecule is CCCC1CN(Cc2cccnc2)C(C)(C2CC2)CN1. The first-order valence-electron chi connectivity index (χ1n) is 8.09. The van der Waals surface area contributed by atoms with E-state index in [0.29, 0.717) is 11.6 Å². The Morgan fingerprint density at radius 3 is 2.95 bits per heavy atom. The van der Waals surface area contributed by atoms with Gasteiger partial charge in [0, 0.05) is 43.6 Å². The van der Waals surface area contributed by atoms with Gasteiger partial charge >= 0.3 is 0 Å². The summed E-state index contributed by atoms with van der Waals surface area (Å²) in [7, 11) is 0. The molecule has 3 nitrogen and oxygen atoms in total. The van der Waals surface area contributed by atoms with Crippen LogP contribution in [0.15, 0.2) is 24.5 Å². The van der Waals surface area contributed by atoms with Gasteiger partial charge in [0.15, 0.2) is 0 Å². The van der Waals surface area contributed by atoms with E-state index in [4.69, 9.17) is 0 Å². The summed E-state index contributed by atoms with van der Waals surface area (Å²) in [6.07, 6.45) is 9.23. The van der Waals surface area contributed by atoms with Crippen molar-refractivity contribution in [2.45, 2.75) is 57.7 Å². The zero-order chi connectivity index (χ0) is 14.0. The lowest BCUT2D eigenvalue weighted by Crippen LogP contribution is -2.63. The van der Waals surface area contributed by atoms with Crippen molar-refractivity contribution in [2.75, 3.05) is 13.1 Å². The molecule has 0 bridgehead atoms. The number of hydrogen-bond donors (Lipinski definition) is 1. The topological polar surface area (TPSA) is 28.2 Å². The molecule has 2 aliphatic rings. The molecule has 110 valence electrons. The minimum atomic E-state index is 0.333. The largest absolute Gasteiger partial charge is 0.311 e. The smallest absolute Gasteiger partial charge is 0.0338 e. The van der Waals surface area contributed by atoms with E-state index in [0.717, 1.165) is 19.0 Å². The molecule has 0 amide bonds. The molecular weight excluding hydrogens is 246 g/mol. The number of nitrogens with zero attached hydrogens (tertiary/aromatic N) is 2. The van der Waals surface area contributed by atoms with Crippen molar-refractivity contribution in [3.8, 4) is 0 Å². The molecule has 3 rings (SSSR count). The van der Waals surface area contributed by atoms with E-state index in [1.807, 2.05) is 12.4 Å². The van der Waals surface area contributed by atoms with Gasteiger partial charge in [0.05, 0.1) is 0 Å². The molecule has 2 atom stereocenters. The summed E-state index contributed by atoms with van der Waals surface area (Å²) < 4.78 is 0. The van der Waals surface area contributed by atoms with E-state index in [1.165, 1.54) is 37.8 Å². The maximum atomic E-state index is 4.27. The molecule has 3 heteroatoms. The lowest BCUT2D eigenvalue weighted by Gasteiger charge is -2.49. The van der Waals surface area contributed by atoms with E-state index in [1.54, 1.807) is 0 Å². The van der Waals surface area contributed by atoms with Crippen LogP contribution < -0.4 is 5.32 Å². The predicted octanol–water partition coefficient (Wildman–Crippen LogP) is 2.82. The van der Waals surface area contributed by atoms with Gasteiger partial charge in [0.1, 0.15) is 0 Å². The monoisotopic (exact) mass is 273 g/mol. The summed E-state index contributed by atoms with van der Waals surface area (Å²) in [4.78, 5) is 6.99. The van der Waals surface area contributed by atoms with Crippen LogP contribution in [0.5, 0.6) is 0 Å². The van der Waals surface area contributed by atoms with Crippen molar-refractivity contribution < 1.29 is 0 Å². The van der Waals surface area contributed by atoms with E-state index < -0.39 is 0 Å². The summed E-state index contributed by atoms with van der Waals surface area (Å²) in [6.45, 7) is 8.10. The molecule has 1 saturated carbocycles. The number of hydrogen-bond acceptors (Lipinski definition) is 3. The van der Waals surface area contributed by atoms with Crippen LogP contribution >= 0.6 is 0 Å². The third-order valence-corrected chi connectivity index (χ3v) is 5.10. The third kappa shape index (κ3) is 2.89. The van der Waals surface area contributed by atoms with Crippen molar-refractivity contribution >= 4 is 0 Å². The van der Waals surface area contributed by atoms with Crippen LogP contribution in [0.4, 0.5) is 0 Å². The lowest BCUT2D eigenvalue weighted by molar-refractivity contribution is 0.0259. The van der Waals surface area contributed by atoms with Crippen LogP contribution in [-0.4, -0.2) is 34.6 Å². The van der Waals surface area contributed by atoms with E-state index >= 15 is 0 Å². The van der Waals surface area contributed by atoms with Crippen LogP contribution in [0.3, 0.4) is 0 Å². The molecule has 2 fully saturated rings. The molecule has 0 radical (unpaired) electrons. The fourth-order valence-corrected chi connectivity index (χ4v) is 3.61. The van der Waals surface area contributed by atoms with Crippen LogP contribution in [0.2, 0.25) is 0 Å². The molecule has 1 saturated heterocycles. The number of rotatable bonds is 5. The Hall–Kier alpha value is -0.930. The Labute approximate surface area is 122 Å². The standard InChI is InChI=1S/C17H27N3/c1-3-5-16-12-20(11-14-6-4-9-18-10-14)17(2,13-19-16)15-7-8-15/h4,6,9-10,15-16,19H,3,5,7-8,11-13H2,1-2H3. The lowest BCUT2D eigenvalue weighted by atomic mass is 9.88. The highest BCUT2D eigenvalue weighted by Gasteiger charge is 2.47. The van der Waals surface area contributed by atoms with Gasteiger partial charge in [0.2, 0.25) is 0 Å². The maximum absolute atomic E-state index is 4.27. The third-order valence-electron chi connectivity index (χ3n) is 5.10. The fraction of sp³-hybridized carbons (Fsp3) is 0.706. The Bertz CT molecular complexity index is 429. The Morgan fingerprint density at radius 1 is 1.45 bits per heavy atom. The van der Waals surface area contributed by atoms with Gasteiger partial charge in [-0.15, -0.1) is 0 Å². The first kappa shape index (κ1) is 14.0. The van der Waals surface area contributed by atoms with Crippen molar-refractivity contribution in [2.24, 2.45) is 5.92 Å². The summed E-state index contributed by atoms with van der Waals surface area (Å²) >= 11 is 0. The van der Waals surface area contributed by atoms with Crippen molar-refractivity contribution in [3.05, 3.63) is 30.1 Å². The fourth-order valence-electron chi connectivity index (χ4n) is 3.61. The van der Waals surface area contributed by atoms with Gasteiger partial charge in [-0.25, -0.2) is 0 Å². The molecule has 2 heterocycles. The number of nitrogens with one attached hydrogen (secondary N) is 1. The second kappa shape index (κ2) is 5.82. The highest BCUT2D eigenvalue weighted by Crippen LogP contribution is 2.44. The molecule has 1 N–H and O–H groups in total. The Balaban J connectivity index is 1.74. The van der Waals surface area contributed by atoms with Gasteiger partial charge in [-0.1, -0.05) is 19.4 Å². The summed E-state index contributed by atoms with van der Waals surface area (Å²) in [5.41, 5.74) is 1.68. The number of pyridine rings is 1. The normalized spacial score (nSPS) is 31.4. The number of aromatic nitrogens is 1. The van der Waals surface area contributed by atoms with Crippen LogP contribution in [0.25, 0.3) is 0 Å². The van der Waals surface area contributed by atoms with E-state index in [2.05, 4.69) is 41.2 Å². The van der Waals surface area contributed by atoms with Crippen LogP contribution in [-0.2, 0) is 6.54 Å². The first-order chi connectivity index (χ1) is 9.72. The average molecular weight is 273 g/mol. The van der Waals surface area contributed by atoms with Gasteiger partial charge in [-0.05, 0) is 43.7 Å². The maximum Gasteiger partial charge on any atom is 0.0338 e. The summed E-state index contributed by atoms with van der Waals surface area (Å²) in [5.74, 6) is 0.884.